The van der Waals surface area contributed by atoms with Gasteiger partial charge in [0.2, 0.25) is 0 Å². The molecule has 1 rings (SSSR count). The molecule has 0 atom stereocenters. The maximum atomic E-state index is 10.4. The van der Waals surface area contributed by atoms with Crippen molar-refractivity contribution in [2.24, 2.45) is 5.92 Å². The lowest BCUT2D eigenvalue weighted by Gasteiger charge is -2.25. The summed E-state index contributed by atoms with van der Waals surface area (Å²) in [6.45, 7) is 13.7. The molecule has 5 heteroatoms. The molecule has 0 saturated heterocycles. The van der Waals surface area contributed by atoms with E-state index >= 15 is 0 Å². The Kier molecular flexibility index (Phi) is 9.45. The fourth-order valence-electron chi connectivity index (χ4n) is 2.54. The van der Waals surface area contributed by atoms with Gasteiger partial charge in [0, 0.05) is 7.26 Å². The van der Waals surface area contributed by atoms with Crippen LogP contribution in [0.2, 0.25) is 0 Å². The van der Waals surface area contributed by atoms with E-state index in [0.29, 0.717) is 0 Å². The van der Waals surface area contributed by atoms with E-state index in [9.17, 15) is 13.0 Å². The summed E-state index contributed by atoms with van der Waals surface area (Å²) in [6.07, 6.45) is 5.88. The minimum atomic E-state index is -4.27. The van der Waals surface area contributed by atoms with Crippen molar-refractivity contribution in [2.75, 3.05) is 24.6 Å². The zero-order valence-electron chi connectivity index (χ0n) is 14.8. The third-order valence-electron chi connectivity index (χ3n) is 4.07. The first kappa shape index (κ1) is 21.6. The summed E-state index contributed by atoms with van der Waals surface area (Å²) >= 11 is 0. The molecule has 0 aromatic heterocycles. The van der Waals surface area contributed by atoms with E-state index < -0.39 is 17.4 Å². The average molecular weight is 346 g/mol. The van der Waals surface area contributed by atoms with E-state index in [1.165, 1.54) is 36.8 Å². The van der Waals surface area contributed by atoms with Crippen LogP contribution in [0.3, 0.4) is 0 Å². The van der Waals surface area contributed by atoms with E-state index in [1.54, 1.807) is 12.1 Å². The first-order valence-corrected chi connectivity index (χ1v) is 11.9. The standard InChI is InChI=1S/C10H24P.C7H8O3S/c1-6-11(7-2,8-3)9-10(4)5;1-6-2-4-7(5-3-6)11(8,9)10/h10H,6-9H2,1-5H3;2-5H,1H3,(H,8,9,10)/q+1;/p-1. The molecule has 0 amide bonds. The Morgan fingerprint density at radius 3 is 1.64 bits per heavy atom. The van der Waals surface area contributed by atoms with E-state index in [-0.39, 0.29) is 4.90 Å². The number of aryl methyl sites for hydroxylation is 1. The van der Waals surface area contributed by atoms with Crippen LogP contribution in [0, 0.1) is 12.8 Å². The van der Waals surface area contributed by atoms with Gasteiger partial charge in [-0.15, -0.1) is 0 Å². The quantitative estimate of drug-likeness (QED) is 0.558. The smallest absolute Gasteiger partial charge is 0.124 e. The Morgan fingerprint density at radius 2 is 1.41 bits per heavy atom. The van der Waals surface area contributed by atoms with Crippen molar-refractivity contribution in [1.82, 2.24) is 0 Å². The predicted octanol–water partition coefficient (Wildman–Crippen LogP) is 4.62. The maximum Gasteiger partial charge on any atom is 0.124 e. The van der Waals surface area contributed by atoms with E-state index in [4.69, 9.17) is 0 Å². The fourth-order valence-corrected chi connectivity index (χ4v) is 6.67. The second-order valence-electron chi connectivity index (χ2n) is 6.13. The molecule has 0 saturated carbocycles. The van der Waals surface area contributed by atoms with Crippen molar-refractivity contribution in [3.63, 3.8) is 0 Å². The third-order valence-corrected chi connectivity index (χ3v) is 10.5. The number of rotatable bonds is 6. The van der Waals surface area contributed by atoms with Crippen molar-refractivity contribution in [2.45, 2.75) is 46.4 Å². The topological polar surface area (TPSA) is 57.2 Å². The lowest BCUT2D eigenvalue weighted by atomic mass is 10.2. The summed E-state index contributed by atoms with van der Waals surface area (Å²) in [6, 6.07) is 5.78. The number of hydrogen-bond acceptors (Lipinski definition) is 3. The van der Waals surface area contributed by atoms with Gasteiger partial charge in [0.25, 0.3) is 0 Å². The van der Waals surface area contributed by atoms with Crippen molar-refractivity contribution in [1.29, 1.82) is 0 Å². The van der Waals surface area contributed by atoms with Crippen LogP contribution in [-0.2, 0) is 10.1 Å². The van der Waals surface area contributed by atoms with Gasteiger partial charge in [-0.05, 0) is 45.7 Å². The molecule has 0 fully saturated rings. The minimum absolute atomic E-state index is 0.178. The Morgan fingerprint density at radius 1 is 1.00 bits per heavy atom. The normalized spacial score (nSPS) is 12.0. The van der Waals surface area contributed by atoms with Crippen LogP contribution in [-0.4, -0.2) is 37.6 Å². The van der Waals surface area contributed by atoms with Gasteiger partial charge in [0.1, 0.15) is 10.1 Å². The molecule has 0 aliphatic carbocycles. The molecule has 1 aromatic rings. The second-order valence-corrected chi connectivity index (χ2v) is 12.5. The van der Waals surface area contributed by atoms with Gasteiger partial charge in [0.15, 0.2) is 0 Å². The molecule has 0 bridgehead atoms. The Bertz CT molecular complexity index is 509. The van der Waals surface area contributed by atoms with Gasteiger partial charge < -0.3 is 4.55 Å². The minimum Gasteiger partial charge on any atom is -0.744 e. The van der Waals surface area contributed by atoms with Gasteiger partial charge in [0.05, 0.1) is 29.5 Å². The molecule has 1 aromatic carbocycles. The van der Waals surface area contributed by atoms with Crippen LogP contribution in [0.1, 0.15) is 40.2 Å². The first-order chi connectivity index (χ1) is 10.1. The first-order valence-electron chi connectivity index (χ1n) is 7.97. The Hall–Kier alpha value is -0.440. The van der Waals surface area contributed by atoms with Gasteiger partial charge in [-0.25, -0.2) is 8.42 Å². The molecule has 0 heterocycles. The largest absolute Gasteiger partial charge is 0.744 e. The number of benzene rings is 1. The highest BCUT2D eigenvalue weighted by atomic mass is 32.2. The Balaban J connectivity index is 0.000000401. The summed E-state index contributed by atoms with van der Waals surface area (Å²) in [5, 5.41) is 0. The maximum absolute atomic E-state index is 10.4. The van der Waals surface area contributed by atoms with Crippen molar-refractivity contribution >= 4 is 17.4 Å². The molecule has 0 N–H and O–H groups in total. The molecule has 3 nitrogen and oxygen atoms in total. The van der Waals surface area contributed by atoms with Gasteiger partial charge in [-0.2, -0.15) is 0 Å². The van der Waals surface area contributed by atoms with Crippen LogP contribution < -0.4 is 0 Å². The lowest BCUT2D eigenvalue weighted by molar-refractivity contribution is 0.463. The van der Waals surface area contributed by atoms with Crippen molar-refractivity contribution in [3.8, 4) is 0 Å². The highest BCUT2D eigenvalue weighted by Gasteiger charge is 2.31. The van der Waals surface area contributed by atoms with Gasteiger partial charge >= 0.3 is 0 Å². The van der Waals surface area contributed by atoms with Crippen LogP contribution >= 0.6 is 7.26 Å². The van der Waals surface area contributed by atoms with Crippen LogP contribution in [0.25, 0.3) is 0 Å². The summed E-state index contributed by atoms with van der Waals surface area (Å²) in [5.41, 5.74) is 0.928. The van der Waals surface area contributed by atoms with E-state index in [2.05, 4.69) is 34.6 Å². The monoisotopic (exact) mass is 346 g/mol. The fraction of sp³-hybridized carbons (Fsp3) is 0.647. The van der Waals surface area contributed by atoms with Crippen molar-refractivity contribution in [3.05, 3.63) is 29.8 Å². The second kappa shape index (κ2) is 9.64. The molecule has 0 unspecified atom stereocenters. The van der Waals surface area contributed by atoms with Crippen LogP contribution in [0.5, 0.6) is 0 Å². The molecule has 22 heavy (non-hydrogen) atoms. The zero-order chi connectivity index (χ0) is 17.4. The van der Waals surface area contributed by atoms with Crippen LogP contribution in [0.4, 0.5) is 0 Å². The molecular weight excluding hydrogens is 315 g/mol. The third kappa shape index (κ3) is 7.71. The highest BCUT2D eigenvalue weighted by molar-refractivity contribution is 7.85. The molecular formula is C17H31O3PS. The van der Waals surface area contributed by atoms with E-state index in [0.717, 1.165) is 11.5 Å². The van der Waals surface area contributed by atoms with Gasteiger partial charge in [-0.1, -0.05) is 31.5 Å². The average Bonchev–Trinajstić information content (AvgIpc) is 2.45. The predicted molar refractivity (Wildman–Crippen MR) is 97.4 cm³/mol. The number of hydrogen-bond donors (Lipinski definition) is 0. The van der Waals surface area contributed by atoms with Gasteiger partial charge in [-0.3, -0.25) is 0 Å². The molecule has 0 spiro atoms. The molecule has 0 aliphatic heterocycles. The zero-order valence-corrected chi connectivity index (χ0v) is 16.5. The highest BCUT2D eigenvalue weighted by Crippen LogP contribution is 2.58. The van der Waals surface area contributed by atoms with Crippen molar-refractivity contribution < 1.29 is 13.0 Å². The lowest BCUT2D eigenvalue weighted by Crippen LogP contribution is -2.11. The van der Waals surface area contributed by atoms with Crippen LogP contribution in [0.15, 0.2) is 29.2 Å². The summed E-state index contributed by atoms with van der Waals surface area (Å²) in [4.78, 5) is -0.178. The van der Waals surface area contributed by atoms with E-state index in [1.807, 2.05) is 6.92 Å². The molecule has 128 valence electrons. The SMILES string of the molecule is CC[P+](CC)(CC)CC(C)C.Cc1ccc(S(=O)(=O)[O-])cc1. The molecule has 0 aliphatic rings. The molecule has 0 radical (unpaired) electrons. The summed E-state index contributed by atoms with van der Waals surface area (Å²) in [5.74, 6) is 0.906. The summed E-state index contributed by atoms with van der Waals surface area (Å²) in [7, 11) is -4.76. The Labute approximate surface area is 137 Å². The summed E-state index contributed by atoms with van der Waals surface area (Å²) < 4.78 is 31.2.